The van der Waals surface area contributed by atoms with Gasteiger partial charge in [-0.15, -0.1) is 11.8 Å². The van der Waals surface area contributed by atoms with E-state index in [1.165, 1.54) is 12.8 Å². The fraction of sp³-hybridized carbons (Fsp3) is 0.553. The van der Waals surface area contributed by atoms with Crippen molar-refractivity contribution in [1.29, 1.82) is 0 Å². The molecule has 1 aliphatic carbocycles. The Balaban J connectivity index is 0.000000496. The van der Waals surface area contributed by atoms with Crippen LogP contribution in [0, 0.1) is 18.8 Å². The summed E-state index contributed by atoms with van der Waals surface area (Å²) in [6.45, 7) is 8.76. The van der Waals surface area contributed by atoms with Crippen molar-refractivity contribution >= 4 is 41.5 Å². The van der Waals surface area contributed by atoms with E-state index in [0.717, 1.165) is 30.7 Å². The molecular formula is C38H53N3O11S. The molecule has 2 aliphatic rings. The molecule has 0 spiro atoms. The second-order valence-electron chi connectivity index (χ2n) is 14.9. The van der Waals surface area contributed by atoms with Crippen LogP contribution >= 0.6 is 11.8 Å². The van der Waals surface area contributed by atoms with Crippen LogP contribution in [0.15, 0.2) is 53.4 Å². The van der Waals surface area contributed by atoms with Gasteiger partial charge in [-0.25, -0.2) is 4.79 Å². The highest BCUT2D eigenvalue weighted by Gasteiger charge is 2.42. The number of aliphatic hydroxyl groups excluding tert-OH is 1. The number of hydrogen-bond acceptors (Lipinski definition) is 10. The van der Waals surface area contributed by atoms with Crippen LogP contribution < -0.4 is 10.6 Å². The highest BCUT2D eigenvalue weighted by molar-refractivity contribution is 7.99. The predicted molar refractivity (Wildman–Crippen MR) is 198 cm³/mol. The first kappa shape index (κ1) is 43.2. The summed E-state index contributed by atoms with van der Waals surface area (Å²) in [5, 5.41) is 61.8. The van der Waals surface area contributed by atoms with E-state index in [1.807, 2.05) is 51.1 Å². The molecule has 1 heterocycles. The lowest BCUT2D eigenvalue weighted by atomic mass is 9.72. The monoisotopic (exact) mass is 759 g/mol. The number of β-amino-alcohol motifs (C(OH)–C–C–N with tert-alkyl or cyclic N) is 1. The van der Waals surface area contributed by atoms with Gasteiger partial charge >= 0.3 is 17.9 Å². The zero-order chi connectivity index (χ0) is 39.5. The average Bonchev–Trinajstić information content (AvgIpc) is 3.06. The highest BCUT2D eigenvalue weighted by atomic mass is 32.2. The Morgan fingerprint density at radius 1 is 0.906 bits per heavy atom. The van der Waals surface area contributed by atoms with Crippen LogP contribution in [0.5, 0.6) is 5.75 Å². The normalized spacial score (nSPS) is 20.1. The summed E-state index contributed by atoms with van der Waals surface area (Å²) in [6.07, 6.45) is 2.38. The number of phenolic OH excluding ortho intramolecular Hbond substituents is 1. The van der Waals surface area contributed by atoms with Crippen molar-refractivity contribution in [2.24, 2.45) is 11.8 Å². The molecule has 8 N–H and O–H groups in total. The summed E-state index contributed by atoms with van der Waals surface area (Å²) in [7, 11) is 0. The maximum atomic E-state index is 13.5. The Bertz CT molecular complexity index is 1570. The molecule has 1 saturated heterocycles. The number of benzene rings is 2. The lowest BCUT2D eigenvalue weighted by Gasteiger charge is -2.47. The van der Waals surface area contributed by atoms with Crippen LogP contribution in [0.4, 0.5) is 0 Å². The fourth-order valence-corrected chi connectivity index (χ4v) is 7.80. The number of nitrogens with one attached hydrogen (secondary N) is 2. The number of piperidine rings is 1. The summed E-state index contributed by atoms with van der Waals surface area (Å²) in [5.41, 5.74) is -2.20. The summed E-state index contributed by atoms with van der Waals surface area (Å²) >= 11 is 1.57. The van der Waals surface area contributed by atoms with E-state index in [2.05, 4.69) is 15.5 Å². The molecule has 0 unspecified atom stereocenters. The van der Waals surface area contributed by atoms with E-state index >= 15 is 0 Å². The largest absolute Gasteiger partial charge is 0.508 e. The molecule has 2 aromatic carbocycles. The second-order valence-corrected chi connectivity index (χ2v) is 16.0. The number of aliphatic hydroxyl groups is 2. The molecule has 15 heteroatoms. The summed E-state index contributed by atoms with van der Waals surface area (Å²) < 4.78 is 0. The average molecular weight is 760 g/mol. The van der Waals surface area contributed by atoms with Crippen molar-refractivity contribution < 1.29 is 54.6 Å². The Morgan fingerprint density at radius 3 is 2.08 bits per heavy atom. The van der Waals surface area contributed by atoms with Crippen molar-refractivity contribution in [3.05, 3.63) is 59.7 Å². The van der Waals surface area contributed by atoms with Crippen LogP contribution in [0.1, 0.15) is 81.6 Å². The minimum atomic E-state index is -2.74. The first-order valence-corrected chi connectivity index (χ1v) is 18.7. The van der Waals surface area contributed by atoms with Crippen molar-refractivity contribution in [1.82, 2.24) is 15.5 Å². The van der Waals surface area contributed by atoms with Gasteiger partial charge < -0.3 is 41.3 Å². The first-order valence-electron chi connectivity index (χ1n) is 17.7. The maximum absolute atomic E-state index is 13.5. The molecular weight excluding hydrogens is 706 g/mol. The molecule has 0 bridgehead atoms. The van der Waals surface area contributed by atoms with Gasteiger partial charge in [0.15, 0.2) is 5.60 Å². The summed E-state index contributed by atoms with van der Waals surface area (Å²) in [4.78, 5) is 60.5. The minimum absolute atomic E-state index is 0.0124. The molecule has 292 valence electrons. The number of carbonyl (C=O) groups is 5. The number of rotatable bonds is 14. The SMILES string of the molecule is Cc1c(O)cccc1C(=O)N[C@@H](CSc1ccccc1)[C@H](O)CN1C[C@H]2CCCC[C@H]2C[C@H]1C(=O)NC(C)(C)C.O=C(O)CC(O)(CC(=O)O)C(=O)O. The van der Waals surface area contributed by atoms with Crippen molar-refractivity contribution in [2.75, 3.05) is 18.8 Å². The number of nitrogens with zero attached hydrogens (tertiary/aromatic N) is 1. The quantitative estimate of drug-likeness (QED) is 0.129. The minimum Gasteiger partial charge on any atom is -0.508 e. The van der Waals surface area contributed by atoms with Gasteiger partial charge in [0, 0.05) is 40.4 Å². The number of carboxylic acid groups (broad SMARTS) is 3. The molecule has 2 amide bonds. The van der Waals surface area contributed by atoms with E-state index in [4.69, 9.17) is 20.4 Å². The number of thioether (sulfide) groups is 1. The van der Waals surface area contributed by atoms with Crippen LogP contribution in [-0.4, -0.2) is 113 Å². The van der Waals surface area contributed by atoms with Gasteiger partial charge in [0.05, 0.1) is 31.0 Å². The Hall–Kier alpha value is -4.18. The Kier molecular flexibility index (Phi) is 15.7. The van der Waals surface area contributed by atoms with Crippen molar-refractivity contribution in [2.45, 2.75) is 107 Å². The van der Waals surface area contributed by atoms with Gasteiger partial charge in [-0.05, 0) is 76.6 Å². The van der Waals surface area contributed by atoms with Gasteiger partial charge in [-0.2, -0.15) is 0 Å². The van der Waals surface area contributed by atoms with Gasteiger partial charge in [0.2, 0.25) is 5.91 Å². The molecule has 2 fully saturated rings. The number of fused-ring (bicyclic) bond motifs is 1. The zero-order valence-electron chi connectivity index (χ0n) is 30.7. The smallest absolute Gasteiger partial charge is 0.336 e. The van der Waals surface area contributed by atoms with Gasteiger partial charge in [-0.1, -0.05) is 43.5 Å². The molecule has 14 nitrogen and oxygen atoms in total. The topological polar surface area (TPSA) is 234 Å². The van der Waals surface area contributed by atoms with E-state index in [-0.39, 0.29) is 29.1 Å². The lowest BCUT2D eigenvalue weighted by Crippen LogP contribution is -2.60. The molecule has 2 aromatic rings. The molecule has 53 heavy (non-hydrogen) atoms. The number of aromatic hydroxyl groups is 1. The lowest BCUT2D eigenvalue weighted by molar-refractivity contribution is -0.170. The summed E-state index contributed by atoms with van der Waals surface area (Å²) in [6, 6.07) is 13.9. The van der Waals surface area contributed by atoms with Crippen LogP contribution in [0.2, 0.25) is 0 Å². The van der Waals surface area contributed by atoms with Crippen molar-refractivity contribution in [3.63, 3.8) is 0 Å². The standard InChI is InChI=1S/C32H45N3O4S.C6H8O7/c1-21-25(15-10-16-28(21)36)30(38)33-26(20-40-24-13-6-5-7-14-24)29(37)19-35-18-23-12-9-8-11-22(23)17-27(35)31(39)34-32(2,3)4;7-3(8)1-6(13,5(11)12)2-4(9)10/h5-7,10,13-16,22-23,26-27,29,36-37H,8-9,11-12,17-20H2,1-4H3,(H,33,38)(H,34,39);13H,1-2H2,(H,7,8)(H,9,10)(H,11,12)/t22-,23+,26-,27-,29+;/m0./s1. The number of carbonyl (C=O) groups excluding carboxylic acids is 2. The van der Waals surface area contributed by atoms with E-state index in [0.29, 0.717) is 35.3 Å². The second kappa shape index (κ2) is 19.2. The number of hydrogen-bond donors (Lipinski definition) is 8. The van der Waals surface area contributed by atoms with E-state index in [9.17, 15) is 34.2 Å². The predicted octanol–water partition coefficient (Wildman–Crippen LogP) is 3.50. The summed E-state index contributed by atoms with van der Waals surface area (Å²) in [5.74, 6) is -3.75. The third-order valence-corrected chi connectivity index (χ3v) is 10.6. The van der Waals surface area contributed by atoms with Gasteiger partial charge in [-0.3, -0.25) is 24.1 Å². The number of aliphatic carboxylic acids is 3. The molecule has 0 radical (unpaired) electrons. The number of amides is 2. The van der Waals surface area contributed by atoms with Gasteiger partial charge in [0.1, 0.15) is 5.75 Å². The van der Waals surface area contributed by atoms with Crippen LogP contribution in [0.25, 0.3) is 0 Å². The van der Waals surface area contributed by atoms with E-state index < -0.39 is 48.5 Å². The third kappa shape index (κ3) is 13.3. The third-order valence-electron chi connectivity index (χ3n) is 9.51. The fourth-order valence-electron chi connectivity index (χ4n) is 6.78. The van der Waals surface area contributed by atoms with Crippen molar-refractivity contribution in [3.8, 4) is 5.75 Å². The first-order chi connectivity index (χ1) is 24.8. The highest BCUT2D eigenvalue weighted by Crippen LogP contribution is 2.39. The Labute approximate surface area is 314 Å². The Morgan fingerprint density at radius 2 is 1.51 bits per heavy atom. The van der Waals surface area contributed by atoms with Crippen LogP contribution in [-0.2, 0) is 19.2 Å². The number of likely N-dealkylation sites (tertiary alicyclic amines) is 1. The number of carboxylic acids is 3. The van der Waals surface area contributed by atoms with Gasteiger partial charge in [0.25, 0.3) is 5.91 Å². The molecule has 0 aromatic heterocycles. The molecule has 5 atom stereocenters. The van der Waals surface area contributed by atoms with E-state index in [1.54, 1.807) is 36.9 Å². The molecule has 1 aliphatic heterocycles. The maximum Gasteiger partial charge on any atom is 0.336 e. The number of phenols is 1. The zero-order valence-corrected chi connectivity index (χ0v) is 31.5. The molecule has 1 saturated carbocycles. The molecule has 4 rings (SSSR count). The van der Waals surface area contributed by atoms with Crippen LogP contribution in [0.3, 0.4) is 0 Å².